The van der Waals surface area contributed by atoms with Crippen LogP contribution in [0.3, 0.4) is 0 Å². The second-order valence-corrected chi connectivity index (χ2v) is 5.28. The molecule has 1 heterocycles. The molecule has 0 bridgehead atoms. The number of hydrogen-bond acceptors (Lipinski definition) is 3. The summed E-state index contributed by atoms with van der Waals surface area (Å²) in [6.45, 7) is 5.14. The van der Waals surface area contributed by atoms with Crippen molar-refractivity contribution >= 4 is 0 Å². The molecule has 0 radical (unpaired) electrons. The minimum absolute atomic E-state index is 0.297. The van der Waals surface area contributed by atoms with E-state index in [1.54, 1.807) is 0 Å². The summed E-state index contributed by atoms with van der Waals surface area (Å²) in [7, 11) is 0. The van der Waals surface area contributed by atoms with Crippen molar-refractivity contribution in [2.24, 2.45) is 0 Å². The number of nitrogens with zero attached hydrogens (tertiary/aromatic N) is 3. The standard InChI is InChI=1S/C15H18F3N3O/c1-4-15(22,5-2)13-8-21(20-19-13)9(3)14-11(17)6-10(16)7-12(14)18/h6-9,22H,4-5H2,1-3H3/t9-/m1/s1. The van der Waals surface area contributed by atoms with Gasteiger partial charge in [-0.2, -0.15) is 0 Å². The molecular weight excluding hydrogens is 295 g/mol. The predicted molar refractivity (Wildman–Crippen MR) is 74.6 cm³/mol. The molecule has 0 unspecified atom stereocenters. The maximum atomic E-state index is 13.8. The third-order valence-corrected chi connectivity index (χ3v) is 4.02. The molecule has 0 aliphatic carbocycles. The van der Waals surface area contributed by atoms with Crippen molar-refractivity contribution in [2.75, 3.05) is 0 Å². The van der Waals surface area contributed by atoms with Crippen LogP contribution in [0.2, 0.25) is 0 Å². The summed E-state index contributed by atoms with van der Waals surface area (Å²) in [5.41, 5.74) is -1.08. The van der Waals surface area contributed by atoms with E-state index >= 15 is 0 Å². The van der Waals surface area contributed by atoms with Gasteiger partial charge in [0.1, 0.15) is 28.7 Å². The topological polar surface area (TPSA) is 50.9 Å². The molecule has 0 aliphatic heterocycles. The molecule has 4 nitrogen and oxygen atoms in total. The van der Waals surface area contributed by atoms with E-state index in [0.29, 0.717) is 30.7 Å². The highest BCUT2D eigenvalue weighted by atomic mass is 19.1. The summed E-state index contributed by atoms with van der Waals surface area (Å²) in [5, 5.41) is 18.1. The van der Waals surface area contributed by atoms with Crippen LogP contribution in [0.25, 0.3) is 0 Å². The quantitative estimate of drug-likeness (QED) is 0.921. The van der Waals surface area contributed by atoms with Crippen LogP contribution in [0.4, 0.5) is 13.2 Å². The molecule has 22 heavy (non-hydrogen) atoms. The van der Waals surface area contributed by atoms with Crippen molar-refractivity contribution in [3.8, 4) is 0 Å². The summed E-state index contributed by atoms with van der Waals surface area (Å²) in [4.78, 5) is 0. The van der Waals surface area contributed by atoms with Gasteiger partial charge in [0.2, 0.25) is 0 Å². The fourth-order valence-corrected chi connectivity index (χ4v) is 2.38. The van der Waals surface area contributed by atoms with E-state index in [9.17, 15) is 18.3 Å². The van der Waals surface area contributed by atoms with E-state index in [0.717, 1.165) is 0 Å². The summed E-state index contributed by atoms with van der Waals surface area (Å²) in [6.07, 6.45) is 2.34. The lowest BCUT2D eigenvalue weighted by atomic mass is 9.94. The third kappa shape index (κ3) is 2.85. The Morgan fingerprint density at radius 1 is 1.18 bits per heavy atom. The largest absolute Gasteiger partial charge is 0.383 e. The Labute approximate surface area is 126 Å². The predicted octanol–water partition coefficient (Wildman–Crippen LogP) is 3.31. The summed E-state index contributed by atoms with van der Waals surface area (Å²) in [6, 6.07) is 0.433. The monoisotopic (exact) mass is 313 g/mol. The first kappa shape index (κ1) is 16.5. The molecular formula is C15H18F3N3O. The van der Waals surface area contributed by atoms with Crippen LogP contribution >= 0.6 is 0 Å². The molecule has 0 spiro atoms. The Balaban J connectivity index is 2.40. The van der Waals surface area contributed by atoms with Crippen molar-refractivity contribution in [2.45, 2.75) is 45.3 Å². The van der Waals surface area contributed by atoms with E-state index in [1.807, 2.05) is 13.8 Å². The van der Waals surface area contributed by atoms with Gasteiger partial charge < -0.3 is 5.11 Å². The average Bonchev–Trinajstić information content (AvgIpc) is 2.95. The van der Waals surface area contributed by atoms with Gasteiger partial charge in [0.25, 0.3) is 0 Å². The van der Waals surface area contributed by atoms with Crippen molar-refractivity contribution in [3.63, 3.8) is 0 Å². The van der Waals surface area contributed by atoms with Crippen LogP contribution in [-0.4, -0.2) is 20.1 Å². The molecule has 1 aromatic carbocycles. The Bertz CT molecular complexity index is 645. The summed E-state index contributed by atoms with van der Waals surface area (Å²) in [5.74, 6) is -2.94. The molecule has 1 atom stereocenters. The molecule has 0 amide bonds. The number of aromatic nitrogens is 3. The molecule has 7 heteroatoms. The van der Waals surface area contributed by atoms with E-state index < -0.39 is 29.1 Å². The van der Waals surface area contributed by atoms with Gasteiger partial charge in [-0.15, -0.1) is 5.10 Å². The maximum absolute atomic E-state index is 13.8. The van der Waals surface area contributed by atoms with Crippen molar-refractivity contribution in [1.29, 1.82) is 0 Å². The third-order valence-electron chi connectivity index (χ3n) is 4.02. The number of rotatable bonds is 5. The van der Waals surface area contributed by atoms with E-state index in [-0.39, 0.29) is 5.56 Å². The Hall–Kier alpha value is -1.89. The lowest BCUT2D eigenvalue weighted by Gasteiger charge is -2.21. The summed E-state index contributed by atoms with van der Waals surface area (Å²) >= 11 is 0. The molecule has 0 fully saturated rings. The van der Waals surface area contributed by atoms with Crippen LogP contribution in [0.15, 0.2) is 18.3 Å². The first-order valence-electron chi connectivity index (χ1n) is 7.11. The zero-order valence-corrected chi connectivity index (χ0v) is 12.6. The first-order chi connectivity index (χ1) is 10.3. The van der Waals surface area contributed by atoms with Crippen molar-refractivity contribution in [3.05, 3.63) is 47.0 Å². The van der Waals surface area contributed by atoms with Gasteiger partial charge in [-0.3, -0.25) is 0 Å². The van der Waals surface area contributed by atoms with Gasteiger partial charge in [-0.1, -0.05) is 19.1 Å². The van der Waals surface area contributed by atoms with Gasteiger partial charge in [0.05, 0.1) is 12.2 Å². The molecule has 0 saturated carbocycles. The molecule has 120 valence electrons. The van der Waals surface area contributed by atoms with Crippen LogP contribution in [0.5, 0.6) is 0 Å². The van der Waals surface area contributed by atoms with Crippen molar-refractivity contribution in [1.82, 2.24) is 15.0 Å². The van der Waals surface area contributed by atoms with Crippen LogP contribution < -0.4 is 0 Å². The fraction of sp³-hybridized carbons (Fsp3) is 0.467. The normalized spacial score (nSPS) is 13.4. The van der Waals surface area contributed by atoms with Crippen LogP contribution in [0, 0.1) is 17.5 Å². The molecule has 0 aliphatic rings. The number of hydrogen-bond donors (Lipinski definition) is 1. The average molecular weight is 313 g/mol. The van der Waals surface area contributed by atoms with Crippen LogP contribution in [-0.2, 0) is 5.60 Å². The highest BCUT2D eigenvalue weighted by Gasteiger charge is 2.29. The Morgan fingerprint density at radius 2 is 1.73 bits per heavy atom. The number of benzene rings is 1. The molecule has 1 aromatic heterocycles. The molecule has 0 saturated heterocycles. The SMILES string of the molecule is CCC(O)(CC)c1cn([C@H](C)c2c(F)cc(F)cc2F)nn1. The van der Waals surface area contributed by atoms with E-state index in [2.05, 4.69) is 10.3 Å². The fourth-order valence-electron chi connectivity index (χ4n) is 2.38. The Morgan fingerprint density at radius 3 is 2.23 bits per heavy atom. The zero-order chi connectivity index (χ0) is 16.5. The molecule has 2 rings (SSSR count). The highest BCUT2D eigenvalue weighted by molar-refractivity contribution is 5.24. The van der Waals surface area contributed by atoms with Gasteiger partial charge in [-0.05, 0) is 19.8 Å². The number of aliphatic hydroxyl groups is 1. The summed E-state index contributed by atoms with van der Waals surface area (Å²) < 4.78 is 41.9. The smallest absolute Gasteiger partial charge is 0.134 e. The Kier molecular flexibility index (Phi) is 4.55. The molecule has 2 aromatic rings. The lowest BCUT2D eigenvalue weighted by Crippen LogP contribution is -2.24. The van der Waals surface area contributed by atoms with E-state index in [4.69, 9.17) is 0 Å². The van der Waals surface area contributed by atoms with Gasteiger partial charge in [-0.25, -0.2) is 17.9 Å². The molecule has 1 N–H and O–H groups in total. The van der Waals surface area contributed by atoms with Crippen LogP contribution in [0.1, 0.15) is 50.9 Å². The minimum atomic E-state index is -1.13. The first-order valence-corrected chi connectivity index (χ1v) is 7.11. The second-order valence-electron chi connectivity index (χ2n) is 5.28. The highest BCUT2D eigenvalue weighted by Crippen LogP contribution is 2.29. The van der Waals surface area contributed by atoms with E-state index in [1.165, 1.54) is 17.8 Å². The van der Waals surface area contributed by atoms with Gasteiger partial charge in [0, 0.05) is 17.7 Å². The van der Waals surface area contributed by atoms with Gasteiger partial charge in [0.15, 0.2) is 0 Å². The second kappa shape index (κ2) is 6.08. The number of halogens is 3. The maximum Gasteiger partial charge on any atom is 0.134 e. The zero-order valence-electron chi connectivity index (χ0n) is 12.6. The minimum Gasteiger partial charge on any atom is -0.383 e. The lowest BCUT2D eigenvalue weighted by molar-refractivity contribution is 0.0239. The van der Waals surface area contributed by atoms with Gasteiger partial charge >= 0.3 is 0 Å². The van der Waals surface area contributed by atoms with Crippen molar-refractivity contribution < 1.29 is 18.3 Å².